The normalized spacial score (nSPS) is 14.2. The highest BCUT2D eigenvalue weighted by molar-refractivity contribution is 5.95. The maximum absolute atomic E-state index is 14.6. The van der Waals surface area contributed by atoms with Crippen LogP contribution in [-0.2, 0) is 6.42 Å². The second-order valence-corrected chi connectivity index (χ2v) is 8.21. The summed E-state index contributed by atoms with van der Waals surface area (Å²) in [6.07, 6.45) is 3.40. The topological polar surface area (TPSA) is 71.7 Å². The lowest BCUT2D eigenvalue weighted by atomic mass is 10.1. The first-order valence-corrected chi connectivity index (χ1v) is 11.3. The molecule has 0 spiro atoms. The summed E-state index contributed by atoms with van der Waals surface area (Å²) in [6.45, 7) is 5.16. The van der Waals surface area contributed by atoms with E-state index in [-0.39, 0.29) is 11.5 Å². The summed E-state index contributed by atoms with van der Waals surface area (Å²) < 4.78 is 20.5. The third kappa shape index (κ3) is 5.68. The number of benzene rings is 2. The molecule has 0 unspecified atom stereocenters. The second kappa shape index (κ2) is 10.4. The molecule has 6 nitrogen and oxygen atoms in total. The summed E-state index contributed by atoms with van der Waals surface area (Å²) in [4.78, 5) is 21.4. The number of nitrogens with zero attached hydrogens (tertiary/aromatic N) is 3. The number of halogens is 1. The minimum Gasteiger partial charge on any atom is -0.457 e. The van der Waals surface area contributed by atoms with E-state index in [1.807, 2.05) is 43.3 Å². The Balaban J connectivity index is 1.45. The van der Waals surface area contributed by atoms with E-state index < -0.39 is 5.82 Å². The molecule has 0 atom stereocenters. The Hall–Kier alpha value is -3.45. The van der Waals surface area contributed by atoms with Crippen LogP contribution < -0.4 is 15.4 Å². The Bertz CT molecular complexity index is 1100. The standard InChI is InChI=1S/C26H29FN4O2/c1-19-17-21(10-12-29-19)30-13-2-14-31(16-15-30)26(32)24-18-23(7-8-25(24)27)33-22-5-3-20(4-6-22)9-11-28/h3-8,10,12,17-18H,2,9,11,13-16,28H2,1H3. The average Bonchev–Trinajstić information content (AvgIpc) is 3.08. The molecule has 1 aromatic heterocycles. The molecule has 3 aromatic rings. The highest BCUT2D eigenvalue weighted by Crippen LogP contribution is 2.25. The molecule has 0 saturated carbocycles. The highest BCUT2D eigenvalue weighted by atomic mass is 19.1. The van der Waals surface area contributed by atoms with Crippen molar-refractivity contribution in [2.75, 3.05) is 37.6 Å². The number of aryl methyl sites for hydroxylation is 1. The van der Waals surface area contributed by atoms with Gasteiger partial charge in [-0.1, -0.05) is 12.1 Å². The highest BCUT2D eigenvalue weighted by Gasteiger charge is 2.23. The van der Waals surface area contributed by atoms with Gasteiger partial charge in [0.05, 0.1) is 5.56 Å². The molecule has 4 rings (SSSR count). The first-order valence-electron chi connectivity index (χ1n) is 11.3. The smallest absolute Gasteiger partial charge is 0.257 e. The summed E-state index contributed by atoms with van der Waals surface area (Å²) in [5, 5.41) is 0. The number of anilines is 1. The molecule has 0 radical (unpaired) electrons. The van der Waals surface area contributed by atoms with Crippen molar-refractivity contribution in [2.45, 2.75) is 19.8 Å². The van der Waals surface area contributed by atoms with E-state index >= 15 is 0 Å². The monoisotopic (exact) mass is 448 g/mol. The molecule has 1 aliphatic rings. The molecular formula is C26H29FN4O2. The van der Waals surface area contributed by atoms with Crippen LogP contribution in [0.5, 0.6) is 11.5 Å². The number of ether oxygens (including phenoxy) is 1. The Morgan fingerprint density at radius 3 is 2.58 bits per heavy atom. The molecule has 1 aliphatic heterocycles. The van der Waals surface area contributed by atoms with Crippen molar-refractivity contribution in [1.82, 2.24) is 9.88 Å². The zero-order valence-electron chi connectivity index (χ0n) is 18.8. The lowest BCUT2D eigenvalue weighted by molar-refractivity contribution is 0.0762. The second-order valence-electron chi connectivity index (χ2n) is 8.21. The molecule has 7 heteroatoms. The number of carbonyl (C=O) groups excluding carboxylic acids is 1. The van der Waals surface area contributed by atoms with E-state index in [1.54, 1.807) is 11.1 Å². The molecule has 2 N–H and O–H groups in total. The van der Waals surface area contributed by atoms with Gasteiger partial charge in [-0.25, -0.2) is 4.39 Å². The number of hydrogen-bond donors (Lipinski definition) is 1. The fourth-order valence-corrected chi connectivity index (χ4v) is 4.04. The molecular weight excluding hydrogens is 419 g/mol. The minimum atomic E-state index is -0.545. The van der Waals surface area contributed by atoms with Crippen LogP contribution in [0.4, 0.5) is 10.1 Å². The van der Waals surface area contributed by atoms with E-state index in [0.717, 1.165) is 36.3 Å². The van der Waals surface area contributed by atoms with Gasteiger partial charge >= 0.3 is 0 Å². The lowest BCUT2D eigenvalue weighted by Gasteiger charge is -2.24. The average molecular weight is 449 g/mol. The predicted octanol–water partition coefficient (Wildman–Crippen LogP) is 4.18. The van der Waals surface area contributed by atoms with Crippen molar-refractivity contribution in [3.05, 3.63) is 83.4 Å². The molecule has 1 saturated heterocycles. The zero-order chi connectivity index (χ0) is 23.2. The predicted molar refractivity (Wildman–Crippen MR) is 127 cm³/mol. The van der Waals surface area contributed by atoms with Crippen molar-refractivity contribution in [1.29, 1.82) is 0 Å². The van der Waals surface area contributed by atoms with Crippen LogP contribution in [0.25, 0.3) is 0 Å². The van der Waals surface area contributed by atoms with Crippen LogP contribution in [0.15, 0.2) is 60.8 Å². The van der Waals surface area contributed by atoms with E-state index in [1.165, 1.54) is 18.2 Å². The van der Waals surface area contributed by atoms with Gasteiger partial charge in [0, 0.05) is 43.8 Å². The Kier molecular flexibility index (Phi) is 7.19. The minimum absolute atomic E-state index is 0.0282. The summed E-state index contributed by atoms with van der Waals surface area (Å²) in [5.74, 6) is 0.189. The summed E-state index contributed by atoms with van der Waals surface area (Å²) in [5.41, 5.74) is 8.79. The van der Waals surface area contributed by atoms with Gasteiger partial charge in [-0.15, -0.1) is 0 Å². The number of rotatable bonds is 6. The molecule has 0 bridgehead atoms. The molecule has 2 aromatic carbocycles. The van der Waals surface area contributed by atoms with Crippen LogP contribution in [0.1, 0.15) is 28.0 Å². The van der Waals surface area contributed by atoms with Gasteiger partial charge in [0.1, 0.15) is 17.3 Å². The molecule has 0 aliphatic carbocycles. The molecule has 2 heterocycles. The van der Waals surface area contributed by atoms with E-state index in [0.29, 0.717) is 37.7 Å². The summed E-state index contributed by atoms with van der Waals surface area (Å²) in [7, 11) is 0. The Labute approximate surface area is 193 Å². The van der Waals surface area contributed by atoms with E-state index in [2.05, 4.69) is 9.88 Å². The van der Waals surface area contributed by atoms with Gasteiger partial charge in [-0.05, 0) is 74.3 Å². The first kappa shape index (κ1) is 22.7. The maximum atomic E-state index is 14.6. The number of hydrogen-bond acceptors (Lipinski definition) is 5. The van der Waals surface area contributed by atoms with Crippen LogP contribution in [0, 0.1) is 12.7 Å². The molecule has 33 heavy (non-hydrogen) atoms. The van der Waals surface area contributed by atoms with Crippen molar-refractivity contribution in [2.24, 2.45) is 5.73 Å². The van der Waals surface area contributed by atoms with Crippen molar-refractivity contribution in [3.8, 4) is 11.5 Å². The Morgan fingerprint density at radius 1 is 1.03 bits per heavy atom. The first-order chi connectivity index (χ1) is 16.0. The van der Waals surface area contributed by atoms with E-state index in [4.69, 9.17) is 10.5 Å². The largest absolute Gasteiger partial charge is 0.457 e. The van der Waals surface area contributed by atoms with Crippen molar-refractivity contribution < 1.29 is 13.9 Å². The number of aromatic nitrogens is 1. The van der Waals surface area contributed by atoms with Crippen molar-refractivity contribution >= 4 is 11.6 Å². The SMILES string of the molecule is Cc1cc(N2CCCN(C(=O)c3cc(Oc4ccc(CCN)cc4)ccc3F)CC2)ccn1. The summed E-state index contributed by atoms with van der Waals surface area (Å²) in [6, 6.07) is 15.9. The van der Waals surface area contributed by atoms with Gasteiger partial charge < -0.3 is 20.3 Å². The van der Waals surface area contributed by atoms with Crippen LogP contribution in [0.3, 0.4) is 0 Å². The van der Waals surface area contributed by atoms with Crippen LogP contribution in [0.2, 0.25) is 0 Å². The molecule has 172 valence electrons. The Morgan fingerprint density at radius 2 is 1.82 bits per heavy atom. The van der Waals surface area contributed by atoms with Gasteiger partial charge in [-0.3, -0.25) is 9.78 Å². The zero-order valence-corrected chi connectivity index (χ0v) is 18.8. The fraction of sp³-hybridized carbons (Fsp3) is 0.308. The van der Waals surface area contributed by atoms with Crippen molar-refractivity contribution in [3.63, 3.8) is 0 Å². The van der Waals surface area contributed by atoms with Crippen LogP contribution >= 0.6 is 0 Å². The quantitative estimate of drug-likeness (QED) is 0.613. The van der Waals surface area contributed by atoms with Gasteiger partial charge in [-0.2, -0.15) is 0 Å². The number of nitrogens with two attached hydrogens (primary N) is 1. The number of carbonyl (C=O) groups is 1. The number of pyridine rings is 1. The molecule has 1 amide bonds. The maximum Gasteiger partial charge on any atom is 0.257 e. The molecule has 1 fully saturated rings. The van der Waals surface area contributed by atoms with Gasteiger partial charge in [0.2, 0.25) is 0 Å². The number of amides is 1. The van der Waals surface area contributed by atoms with Gasteiger partial charge in [0.25, 0.3) is 5.91 Å². The fourth-order valence-electron chi connectivity index (χ4n) is 4.04. The van der Waals surface area contributed by atoms with E-state index in [9.17, 15) is 9.18 Å². The summed E-state index contributed by atoms with van der Waals surface area (Å²) >= 11 is 0. The third-order valence-electron chi connectivity index (χ3n) is 5.79. The third-order valence-corrected chi connectivity index (χ3v) is 5.79. The van der Waals surface area contributed by atoms with Crippen LogP contribution in [-0.4, -0.2) is 48.5 Å². The van der Waals surface area contributed by atoms with Gasteiger partial charge in [0.15, 0.2) is 0 Å². The lowest BCUT2D eigenvalue weighted by Crippen LogP contribution is -2.35.